The Labute approximate surface area is 69.7 Å². The van der Waals surface area contributed by atoms with Gasteiger partial charge in [0.05, 0.1) is 0 Å². The van der Waals surface area contributed by atoms with Crippen molar-refractivity contribution in [3.05, 3.63) is 12.2 Å². The molecule has 0 nitrogen and oxygen atoms in total. The van der Waals surface area contributed by atoms with Crippen LogP contribution in [0.4, 0.5) is 0 Å². The number of hydrogen-bond donors (Lipinski definition) is 0. The van der Waals surface area contributed by atoms with E-state index in [4.69, 9.17) is 0 Å². The minimum absolute atomic E-state index is 0.587. The number of rotatable bonds is 0. The largest absolute Gasteiger partial charge is 0.0993 e. The summed E-state index contributed by atoms with van der Waals surface area (Å²) >= 11 is 0. The highest BCUT2D eigenvalue weighted by Crippen LogP contribution is 2.62. The zero-order valence-electron chi connectivity index (χ0n) is 7.85. The van der Waals surface area contributed by atoms with Crippen molar-refractivity contribution in [1.82, 2.24) is 0 Å². The molecule has 0 spiro atoms. The second kappa shape index (κ2) is 1.91. The molecule has 0 aromatic rings. The molecule has 0 heterocycles. The van der Waals surface area contributed by atoms with Gasteiger partial charge in [-0.3, -0.25) is 0 Å². The summed E-state index contributed by atoms with van der Waals surface area (Å²) in [6.07, 6.45) is 2.82. The van der Waals surface area contributed by atoms with Crippen LogP contribution in [0, 0.1) is 23.2 Å². The van der Waals surface area contributed by atoms with Crippen LogP contribution >= 0.6 is 0 Å². The predicted octanol–water partition coefficient (Wildman–Crippen LogP) is 3.24. The summed E-state index contributed by atoms with van der Waals surface area (Å²) in [4.78, 5) is 0. The molecular weight excluding hydrogens is 132 g/mol. The molecule has 0 N–H and O–H groups in total. The Morgan fingerprint density at radius 2 is 2.00 bits per heavy atom. The van der Waals surface area contributed by atoms with E-state index in [0.29, 0.717) is 5.41 Å². The fourth-order valence-electron chi connectivity index (χ4n) is 2.97. The summed E-state index contributed by atoms with van der Waals surface area (Å²) in [5, 5.41) is 0. The van der Waals surface area contributed by atoms with E-state index >= 15 is 0 Å². The zero-order chi connectivity index (χ0) is 8.22. The van der Waals surface area contributed by atoms with Crippen LogP contribution in [0.15, 0.2) is 12.2 Å². The van der Waals surface area contributed by atoms with Crippen LogP contribution in [-0.4, -0.2) is 0 Å². The molecule has 11 heavy (non-hydrogen) atoms. The van der Waals surface area contributed by atoms with Gasteiger partial charge in [0.15, 0.2) is 0 Å². The number of allylic oxidation sites excluding steroid dienone is 1. The Morgan fingerprint density at radius 1 is 1.36 bits per heavy atom. The van der Waals surface area contributed by atoms with E-state index in [0.717, 1.165) is 17.8 Å². The lowest BCUT2D eigenvalue weighted by atomic mass is 9.45. The first kappa shape index (κ1) is 7.39. The highest BCUT2D eigenvalue weighted by atomic mass is 14.6. The molecule has 0 radical (unpaired) electrons. The van der Waals surface area contributed by atoms with Gasteiger partial charge in [0.25, 0.3) is 0 Å². The summed E-state index contributed by atoms with van der Waals surface area (Å²) in [5.41, 5.74) is 2.11. The topological polar surface area (TPSA) is 0 Å². The molecule has 3 aliphatic carbocycles. The quantitative estimate of drug-likeness (QED) is 0.465. The standard InChI is InChI=1S/C11H18/c1-7-5-9-6-10(8(7)2)11(9,3)4/h7,9-10H,2,5-6H2,1,3-4H3/t7-,9+,10+/m1/s1. The van der Waals surface area contributed by atoms with Gasteiger partial charge in [0, 0.05) is 0 Å². The van der Waals surface area contributed by atoms with Gasteiger partial charge in [-0.15, -0.1) is 0 Å². The molecule has 62 valence electrons. The van der Waals surface area contributed by atoms with Crippen molar-refractivity contribution in [2.75, 3.05) is 0 Å². The maximum atomic E-state index is 4.21. The molecule has 3 saturated carbocycles. The van der Waals surface area contributed by atoms with Crippen molar-refractivity contribution in [3.63, 3.8) is 0 Å². The van der Waals surface area contributed by atoms with Crippen molar-refractivity contribution >= 4 is 0 Å². The first-order valence-electron chi connectivity index (χ1n) is 4.72. The van der Waals surface area contributed by atoms with Gasteiger partial charge >= 0.3 is 0 Å². The molecule has 3 rings (SSSR count). The lowest BCUT2D eigenvalue weighted by Crippen LogP contribution is -2.51. The minimum atomic E-state index is 0.587. The molecule has 0 unspecified atom stereocenters. The van der Waals surface area contributed by atoms with Crippen molar-refractivity contribution < 1.29 is 0 Å². The molecule has 3 atom stereocenters. The SMILES string of the molecule is C=C1[C@H](C)C[C@H]2C[C@@H]1C2(C)C. The molecule has 2 bridgehead atoms. The van der Waals surface area contributed by atoms with Crippen LogP contribution in [0.25, 0.3) is 0 Å². The summed E-state index contributed by atoms with van der Waals surface area (Å²) in [7, 11) is 0. The lowest BCUT2D eigenvalue weighted by Gasteiger charge is -2.59. The number of fused-ring (bicyclic) bond motifs is 2. The van der Waals surface area contributed by atoms with Crippen molar-refractivity contribution in [3.8, 4) is 0 Å². The van der Waals surface area contributed by atoms with Crippen LogP contribution in [-0.2, 0) is 0 Å². The van der Waals surface area contributed by atoms with E-state index in [1.165, 1.54) is 18.4 Å². The molecular formula is C11H18. The van der Waals surface area contributed by atoms with Gasteiger partial charge < -0.3 is 0 Å². The van der Waals surface area contributed by atoms with Crippen LogP contribution in [0.5, 0.6) is 0 Å². The Bertz CT molecular complexity index is 200. The third-order valence-corrected chi connectivity index (χ3v) is 4.19. The molecule has 0 heteroatoms. The van der Waals surface area contributed by atoms with E-state index < -0.39 is 0 Å². The molecule has 0 saturated heterocycles. The minimum Gasteiger partial charge on any atom is -0.0993 e. The first-order chi connectivity index (χ1) is 5.03. The van der Waals surface area contributed by atoms with Gasteiger partial charge in [0.2, 0.25) is 0 Å². The molecule has 3 aliphatic rings. The molecule has 3 fully saturated rings. The summed E-state index contributed by atoms with van der Waals surface area (Å²) in [6, 6.07) is 0. The fourth-order valence-corrected chi connectivity index (χ4v) is 2.97. The van der Waals surface area contributed by atoms with Crippen LogP contribution in [0.3, 0.4) is 0 Å². The smallest absolute Gasteiger partial charge is 0.0146 e. The van der Waals surface area contributed by atoms with Gasteiger partial charge in [0.1, 0.15) is 0 Å². The maximum Gasteiger partial charge on any atom is -0.0146 e. The second-order valence-corrected chi connectivity index (χ2v) is 5.02. The van der Waals surface area contributed by atoms with E-state index in [1.807, 2.05) is 0 Å². The summed E-state index contributed by atoms with van der Waals surface area (Å²) in [6.45, 7) is 11.4. The average Bonchev–Trinajstić information content (AvgIpc) is 1.93. The Morgan fingerprint density at radius 3 is 2.36 bits per heavy atom. The fraction of sp³-hybridized carbons (Fsp3) is 0.818. The van der Waals surface area contributed by atoms with Crippen molar-refractivity contribution in [2.45, 2.75) is 33.6 Å². The first-order valence-corrected chi connectivity index (χ1v) is 4.72. The highest BCUT2D eigenvalue weighted by molar-refractivity contribution is 5.21. The predicted molar refractivity (Wildman–Crippen MR) is 48.3 cm³/mol. The molecule has 0 aromatic heterocycles. The van der Waals surface area contributed by atoms with E-state index in [9.17, 15) is 0 Å². The molecule has 0 aromatic carbocycles. The zero-order valence-corrected chi connectivity index (χ0v) is 7.85. The van der Waals surface area contributed by atoms with Gasteiger partial charge in [-0.1, -0.05) is 32.9 Å². The third-order valence-electron chi connectivity index (χ3n) is 4.19. The van der Waals surface area contributed by atoms with Crippen LogP contribution in [0.1, 0.15) is 33.6 Å². The molecule has 0 aliphatic heterocycles. The second-order valence-electron chi connectivity index (χ2n) is 5.02. The normalized spacial score (nSPS) is 46.8. The maximum absolute atomic E-state index is 4.21. The molecule has 0 amide bonds. The van der Waals surface area contributed by atoms with Gasteiger partial charge in [-0.05, 0) is 36.0 Å². The summed E-state index contributed by atoms with van der Waals surface area (Å²) < 4.78 is 0. The van der Waals surface area contributed by atoms with Crippen LogP contribution in [0.2, 0.25) is 0 Å². The summed E-state index contributed by atoms with van der Waals surface area (Å²) in [5.74, 6) is 2.64. The highest BCUT2D eigenvalue weighted by Gasteiger charge is 2.53. The number of hydrogen-bond acceptors (Lipinski definition) is 0. The van der Waals surface area contributed by atoms with E-state index in [2.05, 4.69) is 27.4 Å². The third kappa shape index (κ3) is 0.758. The average molecular weight is 150 g/mol. The van der Waals surface area contributed by atoms with Gasteiger partial charge in [-0.2, -0.15) is 0 Å². The van der Waals surface area contributed by atoms with E-state index in [-0.39, 0.29) is 0 Å². The van der Waals surface area contributed by atoms with Crippen molar-refractivity contribution in [2.24, 2.45) is 23.2 Å². The van der Waals surface area contributed by atoms with Gasteiger partial charge in [-0.25, -0.2) is 0 Å². The Hall–Kier alpha value is -0.260. The Balaban J connectivity index is 2.23. The van der Waals surface area contributed by atoms with E-state index in [1.54, 1.807) is 0 Å². The van der Waals surface area contributed by atoms with Crippen molar-refractivity contribution in [1.29, 1.82) is 0 Å². The lowest BCUT2D eigenvalue weighted by molar-refractivity contribution is -0.0438. The Kier molecular flexibility index (Phi) is 1.28. The monoisotopic (exact) mass is 150 g/mol. The van der Waals surface area contributed by atoms with Crippen LogP contribution < -0.4 is 0 Å².